The summed E-state index contributed by atoms with van der Waals surface area (Å²) in [5.41, 5.74) is 2.56. The average Bonchev–Trinajstić information content (AvgIpc) is 3.00. The van der Waals surface area contributed by atoms with Crippen molar-refractivity contribution in [3.05, 3.63) is 59.2 Å². The molecular weight excluding hydrogens is 362 g/mol. The first-order chi connectivity index (χ1) is 12.9. The maximum Gasteiger partial charge on any atom is 0.256 e. The number of nitrogens with one attached hydrogen (secondary N) is 3. The number of fused-ring (bicyclic) bond motifs is 1. The van der Waals surface area contributed by atoms with Gasteiger partial charge in [0.1, 0.15) is 0 Å². The normalized spacial score (nSPS) is 12.5. The predicted octanol–water partition coefficient (Wildman–Crippen LogP) is 2.80. The minimum atomic E-state index is -0.277. The molecule has 1 aliphatic rings. The standard InChI is InChI=1S/C20H21N3O3S/c1-12(2)22-18(24)11-27-17-6-4-3-5-15(17)20(26)23-14-8-7-13-10-21-19(25)16(13)9-14/h3-9,12H,10-11H2,1-2H3,(H,21,25)(H,22,24)(H,23,26). The van der Waals surface area contributed by atoms with Crippen molar-refractivity contribution in [2.24, 2.45) is 0 Å². The Kier molecular flexibility index (Phi) is 5.81. The summed E-state index contributed by atoms with van der Waals surface area (Å²) < 4.78 is 0. The first-order valence-electron chi connectivity index (χ1n) is 8.67. The van der Waals surface area contributed by atoms with Crippen molar-refractivity contribution >= 4 is 35.2 Å². The highest BCUT2D eigenvalue weighted by Crippen LogP contribution is 2.25. The van der Waals surface area contributed by atoms with Gasteiger partial charge in [0.05, 0.1) is 11.3 Å². The predicted molar refractivity (Wildman–Crippen MR) is 106 cm³/mol. The molecule has 3 rings (SSSR count). The van der Waals surface area contributed by atoms with Crippen molar-refractivity contribution in [1.29, 1.82) is 0 Å². The third-order valence-electron chi connectivity index (χ3n) is 3.99. The zero-order chi connectivity index (χ0) is 19.4. The molecule has 0 spiro atoms. The Hall–Kier alpha value is -2.80. The van der Waals surface area contributed by atoms with Crippen molar-refractivity contribution in [2.45, 2.75) is 31.3 Å². The number of carbonyl (C=O) groups excluding carboxylic acids is 3. The van der Waals surface area contributed by atoms with Gasteiger partial charge >= 0.3 is 0 Å². The number of amides is 3. The Labute approximate surface area is 162 Å². The molecule has 2 aromatic carbocycles. The van der Waals surface area contributed by atoms with Gasteiger partial charge in [0.2, 0.25) is 5.91 Å². The van der Waals surface area contributed by atoms with Gasteiger partial charge in [-0.05, 0) is 43.7 Å². The van der Waals surface area contributed by atoms with Crippen LogP contribution in [0.25, 0.3) is 0 Å². The van der Waals surface area contributed by atoms with Crippen LogP contribution in [0.4, 0.5) is 5.69 Å². The van der Waals surface area contributed by atoms with Crippen LogP contribution in [-0.4, -0.2) is 29.5 Å². The molecule has 0 aromatic heterocycles. The van der Waals surface area contributed by atoms with Crippen LogP contribution in [-0.2, 0) is 11.3 Å². The molecule has 1 heterocycles. The Balaban J connectivity index is 1.71. The number of thioether (sulfide) groups is 1. The number of benzene rings is 2. The number of rotatable bonds is 6. The SMILES string of the molecule is CC(C)NC(=O)CSc1ccccc1C(=O)Nc1ccc2c(c1)C(=O)NC2. The summed E-state index contributed by atoms with van der Waals surface area (Å²) in [4.78, 5) is 37.1. The Morgan fingerprint density at radius 3 is 2.74 bits per heavy atom. The molecule has 3 amide bonds. The number of carbonyl (C=O) groups is 3. The molecule has 3 N–H and O–H groups in total. The lowest BCUT2D eigenvalue weighted by Crippen LogP contribution is -2.31. The van der Waals surface area contributed by atoms with Gasteiger partial charge in [-0.1, -0.05) is 18.2 Å². The number of hydrogen-bond donors (Lipinski definition) is 3. The van der Waals surface area contributed by atoms with Crippen molar-refractivity contribution in [3.63, 3.8) is 0 Å². The monoisotopic (exact) mass is 383 g/mol. The second kappa shape index (κ2) is 8.26. The van der Waals surface area contributed by atoms with E-state index in [4.69, 9.17) is 0 Å². The third-order valence-corrected chi connectivity index (χ3v) is 5.07. The van der Waals surface area contributed by atoms with Gasteiger partial charge in [-0.25, -0.2) is 0 Å². The zero-order valence-corrected chi connectivity index (χ0v) is 16.0. The highest BCUT2D eigenvalue weighted by Gasteiger charge is 2.20. The molecule has 0 radical (unpaired) electrons. The number of hydrogen-bond acceptors (Lipinski definition) is 4. The molecule has 0 aliphatic carbocycles. The van der Waals surface area contributed by atoms with Gasteiger partial charge in [-0.2, -0.15) is 0 Å². The molecule has 0 fully saturated rings. The molecule has 0 bridgehead atoms. The van der Waals surface area contributed by atoms with Crippen molar-refractivity contribution in [2.75, 3.05) is 11.1 Å². The lowest BCUT2D eigenvalue weighted by molar-refractivity contribution is -0.119. The van der Waals surface area contributed by atoms with E-state index in [1.165, 1.54) is 11.8 Å². The Morgan fingerprint density at radius 2 is 1.96 bits per heavy atom. The van der Waals surface area contributed by atoms with Gasteiger partial charge in [0, 0.05) is 28.7 Å². The van der Waals surface area contributed by atoms with Crippen LogP contribution in [0, 0.1) is 0 Å². The van der Waals surface area contributed by atoms with Crippen LogP contribution in [0.3, 0.4) is 0 Å². The molecule has 140 valence electrons. The van der Waals surface area contributed by atoms with E-state index in [1.807, 2.05) is 32.0 Å². The van der Waals surface area contributed by atoms with Crippen molar-refractivity contribution in [3.8, 4) is 0 Å². The lowest BCUT2D eigenvalue weighted by atomic mass is 10.1. The molecule has 0 saturated heterocycles. The summed E-state index contributed by atoms with van der Waals surface area (Å²) in [6.45, 7) is 4.32. The molecule has 2 aromatic rings. The maximum absolute atomic E-state index is 12.7. The van der Waals surface area contributed by atoms with Crippen molar-refractivity contribution < 1.29 is 14.4 Å². The molecule has 1 aliphatic heterocycles. The van der Waals surface area contributed by atoms with Crippen LogP contribution in [0.1, 0.15) is 40.1 Å². The fourth-order valence-corrected chi connectivity index (χ4v) is 3.64. The van der Waals surface area contributed by atoms with Gasteiger partial charge < -0.3 is 16.0 Å². The van der Waals surface area contributed by atoms with E-state index in [2.05, 4.69) is 16.0 Å². The van der Waals surface area contributed by atoms with Crippen LogP contribution in [0.2, 0.25) is 0 Å². The van der Waals surface area contributed by atoms with E-state index in [0.717, 1.165) is 10.5 Å². The summed E-state index contributed by atoms with van der Waals surface area (Å²) in [6.07, 6.45) is 0. The smallest absolute Gasteiger partial charge is 0.256 e. The molecular formula is C20H21N3O3S. The first kappa shape index (κ1) is 19.0. The summed E-state index contributed by atoms with van der Waals surface area (Å²) in [6, 6.07) is 12.5. The van der Waals surface area contributed by atoms with Gasteiger partial charge in [0.25, 0.3) is 11.8 Å². The lowest BCUT2D eigenvalue weighted by Gasteiger charge is -2.11. The quantitative estimate of drug-likeness (QED) is 0.670. The van der Waals surface area contributed by atoms with E-state index in [9.17, 15) is 14.4 Å². The highest BCUT2D eigenvalue weighted by molar-refractivity contribution is 8.00. The highest BCUT2D eigenvalue weighted by atomic mass is 32.2. The third kappa shape index (κ3) is 4.68. The summed E-state index contributed by atoms with van der Waals surface area (Å²) >= 11 is 1.32. The second-order valence-electron chi connectivity index (χ2n) is 6.52. The topological polar surface area (TPSA) is 87.3 Å². The van der Waals surface area contributed by atoms with E-state index in [0.29, 0.717) is 23.4 Å². The average molecular weight is 383 g/mol. The molecule has 0 atom stereocenters. The van der Waals surface area contributed by atoms with E-state index in [1.54, 1.807) is 24.3 Å². The maximum atomic E-state index is 12.7. The first-order valence-corrected chi connectivity index (χ1v) is 9.66. The Morgan fingerprint density at radius 1 is 1.19 bits per heavy atom. The molecule has 6 nitrogen and oxygen atoms in total. The van der Waals surface area contributed by atoms with Gasteiger partial charge in [-0.15, -0.1) is 11.8 Å². The van der Waals surface area contributed by atoms with Crippen LogP contribution in [0.15, 0.2) is 47.4 Å². The minimum Gasteiger partial charge on any atom is -0.353 e. The summed E-state index contributed by atoms with van der Waals surface area (Å²) in [7, 11) is 0. The summed E-state index contributed by atoms with van der Waals surface area (Å²) in [5, 5.41) is 8.42. The van der Waals surface area contributed by atoms with E-state index < -0.39 is 0 Å². The van der Waals surface area contributed by atoms with Crippen LogP contribution < -0.4 is 16.0 Å². The van der Waals surface area contributed by atoms with Crippen molar-refractivity contribution in [1.82, 2.24) is 10.6 Å². The number of anilines is 1. The van der Waals surface area contributed by atoms with Crippen LogP contribution in [0.5, 0.6) is 0 Å². The Bertz CT molecular complexity index is 896. The van der Waals surface area contributed by atoms with Gasteiger partial charge in [-0.3, -0.25) is 14.4 Å². The van der Waals surface area contributed by atoms with E-state index in [-0.39, 0.29) is 29.5 Å². The molecule has 0 unspecified atom stereocenters. The minimum absolute atomic E-state index is 0.0742. The van der Waals surface area contributed by atoms with E-state index >= 15 is 0 Å². The largest absolute Gasteiger partial charge is 0.353 e. The zero-order valence-electron chi connectivity index (χ0n) is 15.2. The molecule has 0 saturated carbocycles. The van der Waals surface area contributed by atoms with Crippen LogP contribution >= 0.6 is 11.8 Å². The van der Waals surface area contributed by atoms with Gasteiger partial charge in [0.15, 0.2) is 0 Å². The fourth-order valence-electron chi connectivity index (χ4n) is 2.78. The molecule has 7 heteroatoms. The summed E-state index contributed by atoms with van der Waals surface area (Å²) in [5.74, 6) is -0.245. The molecule has 27 heavy (non-hydrogen) atoms. The fraction of sp³-hybridized carbons (Fsp3) is 0.250. The second-order valence-corrected chi connectivity index (χ2v) is 7.53.